The molecule has 0 radical (unpaired) electrons. The van der Waals surface area contributed by atoms with Crippen LogP contribution in [0.25, 0.3) is 0 Å². The van der Waals surface area contributed by atoms with Crippen LogP contribution in [0.4, 0.5) is 0 Å². The van der Waals surface area contributed by atoms with Crippen LogP contribution in [0.5, 0.6) is 0 Å². The number of allylic oxidation sites excluding steroid dienone is 4. The van der Waals surface area contributed by atoms with Gasteiger partial charge in [-0.3, -0.25) is 0 Å². The summed E-state index contributed by atoms with van der Waals surface area (Å²) in [6.07, 6.45) is 6.40. The fourth-order valence-electron chi connectivity index (χ4n) is 1.22. The minimum absolute atomic E-state index is 0.468. The molecule has 0 N–H and O–H groups in total. The summed E-state index contributed by atoms with van der Waals surface area (Å²) >= 11 is 0. The third kappa shape index (κ3) is 6.16. The number of rotatable bonds is 6. The first-order valence-corrected chi connectivity index (χ1v) is 5.62. The molecule has 0 fully saturated rings. The summed E-state index contributed by atoms with van der Waals surface area (Å²) in [7, 11) is 1.70. The van der Waals surface area contributed by atoms with Crippen molar-refractivity contribution in [1.29, 1.82) is 0 Å². The predicted octanol–water partition coefficient (Wildman–Crippen LogP) is 4.48. The molecule has 0 aliphatic carbocycles. The van der Waals surface area contributed by atoms with Gasteiger partial charge in [-0.25, -0.2) is 0 Å². The van der Waals surface area contributed by atoms with Gasteiger partial charge in [0.1, 0.15) is 5.76 Å². The topological polar surface area (TPSA) is 9.23 Å². The summed E-state index contributed by atoms with van der Waals surface area (Å²) in [5, 5.41) is 0. The van der Waals surface area contributed by atoms with Gasteiger partial charge in [-0.05, 0) is 37.0 Å². The molecule has 0 saturated carbocycles. The summed E-state index contributed by atoms with van der Waals surface area (Å²) in [6.45, 7) is 12.6. The average Bonchev–Trinajstić information content (AvgIpc) is 2.16. The second-order valence-corrected chi connectivity index (χ2v) is 4.22. The first-order chi connectivity index (χ1) is 7.01. The van der Waals surface area contributed by atoms with Gasteiger partial charge in [0.05, 0.1) is 7.11 Å². The van der Waals surface area contributed by atoms with Crippen molar-refractivity contribution in [2.75, 3.05) is 7.11 Å². The molecule has 1 heteroatoms. The van der Waals surface area contributed by atoms with E-state index in [0.717, 1.165) is 17.8 Å². The van der Waals surface area contributed by atoms with Crippen LogP contribution < -0.4 is 0 Å². The van der Waals surface area contributed by atoms with Crippen molar-refractivity contribution in [1.82, 2.24) is 0 Å². The van der Waals surface area contributed by atoms with Gasteiger partial charge in [0, 0.05) is 0 Å². The van der Waals surface area contributed by atoms with Gasteiger partial charge < -0.3 is 4.74 Å². The highest BCUT2D eigenvalue weighted by molar-refractivity contribution is 5.27. The van der Waals surface area contributed by atoms with E-state index in [9.17, 15) is 0 Å². The highest BCUT2D eigenvalue weighted by Gasteiger charge is 1.99. The van der Waals surface area contributed by atoms with Crippen molar-refractivity contribution < 1.29 is 4.74 Å². The molecule has 0 unspecified atom stereocenters. The highest BCUT2D eigenvalue weighted by atomic mass is 16.5. The Bertz CT molecular complexity index is 257. The number of methoxy groups -OCH3 is 1. The van der Waals surface area contributed by atoms with E-state index in [1.54, 1.807) is 7.11 Å². The van der Waals surface area contributed by atoms with Gasteiger partial charge in [-0.15, -0.1) is 0 Å². The van der Waals surface area contributed by atoms with Crippen molar-refractivity contribution in [2.24, 2.45) is 5.92 Å². The quantitative estimate of drug-likeness (QED) is 0.462. The van der Waals surface area contributed by atoms with Crippen molar-refractivity contribution in [3.63, 3.8) is 0 Å². The first kappa shape index (κ1) is 14.0. The minimum Gasteiger partial charge on any atom is -0.497 e. The molecule has 0 aromatic rings. The molecule has 15 heavy (non-hydrogen) atoms. The van der Waals surface area contributed by atoms with E-state index in [-0.39, 0.29) is 0 Å². The van der Waals surface area contributed by atoms with E-state index < -0.39 is 0 Å². The molecule has 0 aromatic carbocycles. The lowest BCUT2D eigenvalue weighted by molar-refractivity contribution is 0.305. The lowest BCUT2D eigenvalue weighted by Gasteiger charge is -2.07. The molecule has 0 aromatic heterocycles. The Kier molecular flexibility index (Phi) is 6.85. The van der Waals surface area contributed by atoms with Crippen LogP contribution >= 0.6 is 0 Å². The number of hydrogen-bond acceptors (Lipinski definition) is 1. The molecule has 0 aliphatic heterocycles. The number of ether oxygens (including phenoxy) is 1. The largest absolute Gasteiger partial charge is 0.497 e. The SMILES string of the molecule is C=C(/C=C(\C=C(\C)CCC)OC)C(C)C. The van der Waals surface area contributed by atoms with Gasteiger partial charge in [0.15, 0.2) is 0 Å². The monoisotopic (exact) mass is 208 g/mol. The Morgan fingerprint density at radius 3 is 2.33 bits per heavy atom. The van der Waals surface area contributed by atoms with Gasteiger partial charge in [0.2, 0.25) is 0 Å². The Morgan fingerprint density at radius 2 is 1.93 bits per heavy atom. The molecule has 0 spiro atoms. The van der Waals surface area contributed by atoms with Gasteiger partial charge in [-0.1, -0.05) is 39.3 Å². The molecular formula is C14H24O. The molecule has 0 amide bonds. The predicted molar refractivity (Wildman–Crippen MR) is 67.7 cm³/mol. The van der Waals surface area contributed by atoms with E-state index in [1.165, 1.54) is 12.0 Å². The van der Waals surface area contributed by atoms with E-state index in [2.05, 4.69) is 40.3 Å². The van der Waals surface area contributed by atoms with Crippen LogP contribution in [0.1, 0.15) is 40.5 Å². The van der Waals surface area contributed by atoms with Gasteiger partial charge in [-0.2, -0.15) is 0 Å². The van der Waals surface area contributed by atoms with Crippen LogP contribution in [-0.4, -0.2) is 7.11 Å². The Hall–Kier alpha value is -0.980. The van der Waals surface area contributed by atoms with Crippen LogP contribution in [0, 0.1) is 5.92 Å². The average molecular weight is 208 g/mol. The minimum atomic E-state index is 0.468. The third-order valence-corrected chi connectivity index (χ3v) is 2.34. The van der Waals surface area contributed by atoms with E-state index >= 15 is 0 Å². The molecule has 86 valence electrons. The normalized spacial score (nSPS) is 13.2. The zero-order chi connectivity index (χ0) is 11.8. The maximum atomic E-state index is 5.31. The molecule has 0 heterocycles. The van der Waals surface area contributed by atoms with Crippen molar-refractivity contribution in [2.45, 2.75) is 40.5 Å². The summed E-state index contributed by atoms with van der Waals surface area (Å²) in [5.74, 6) is 1.37. The Morgan fingerprint density at radius 1 is 1.33 bits per heavy atom. The smallest absolute Gasteiger partial charge is 0.119 e. The van der Waals surface area contributed by atoms with Crippen molar-refractivity contribution in [3.05, 3.63) is 35.6 Å². The van der Waals surface area contributed by atoms with E-state index in [0.29, 0.717) is 5.92 Å². The standard InChI is InChI=1S/C14H24O/c1-7-8-12(4)9-14(15-6)10-13(5)11(2)3/h9-11H,5,7-8H2,1-4,6H3/b12-9-,14-10+. The molecule has 0 rings (SSSR count). The number of hydrogen-bond donors (Lipinski definition) is 0. The van der Waals surface area contributed by atoms with Gasteiger partial charge >= 0.3 is 0 Å². The first-order valence-electron chi connectivity index (χ1n) is 5.62. The lowest BCUT2D eigenvalue weighted by Crippen LogP contribution is -1.92. The second-order valence-electron chi connectivity index (χ2n) is 4.22. The lowest BCUT2D eigenvalue weighted by atomic mass is 10.0. The zero-order valence-electron chi connectivity index (χ0n) is 10.8. The van der Waals surface area contributed by atoms with Gasteiger partial charge in [0.25, 0.3) is 0 Å². The highest BCUT2D eigenvalue weighted by Crippen LogP contribution is 2.14. The van der Waals surface area contributed by atoms with E-state index in [4.69, 9.17) is 4.74 Å². The molecule has 1 nitrogen and oxygen atoms in total. The van der Waals surface area contributed by atoms with Crippen LogP contribution in [-0.2, 0) is 4.74 Å². The molecule has 0 bridgehead atoms. The Balaban J connectivity index is 4.62. The summed E-state index contributed by atoms with van der Waals surface area (Å²) in [4.78, 5) is 0. The van der Waals surface area contributed by atoms with E-state index in [1.807, 2.05) is 6.08 Å². The third-order valence-electron chi connectivity index (χ3n) is 2.34. The fraction of sp³-hybridized carbons (Fsp3) is 0.571. The van der Waals surface area contributed by atoms with Crippen molar-refractivity contribution >= 4 is 0 Å². The fourth-order valence-corrected chi connectivity index (χ4v) is 1.22. The summed E-state index contributed by atoms with van der Waals surface area (Å²) in [5.41, 5.74) is 2.45. The second kappa shape index (κ2) is 7.33. The molecular weight excluding hydrogens is 184 g/mol. The van der Waals surface area contributed by atoms with Crippen LogP contribution in [0.3, 0.4) is 0 Å². The molecule has 0 aliphatic rings. The van der Waals surface area contributed by atoms with Crippen molar-refractivity contribution in [3.8, 4) is 0 Å². The maximum Gasteiger partial charge on any atom is 0.119 e. The summed E-state index contributed by atoms with van der Waals surface area (Å²) < 4.78 is 5.31. The molecule has 0 atom stereocenters. The Labute approximate surface area is 94.5 Å². The summed E-state index contributed by atoms with van der Waals surface area (Å²) in [6, 6.07) is 0. The van der Waals surface area contributed by atoms with Crippen LogP contribution in [0.15, 0.2) is 35.6 Å². The molecule has 0 saturated heterocycles. The van der Waals surface area contributed by atoms with Crippen LogP contribution in [0.2, 0.25) is 0 Å². The zero-order valence-corrected chi connectivity index (χ0v) is 10.8. The maximum absolute atomic E-state index is 5.31.